The molecule has 3 atom stereocenters. The van der Waals surface area contributed by atoms with Crippen molar-refractivity contribution in [3.05, 3.63) is 34.9 Å². The highest BCUT2D eigenvalue weighted by atomic mass is 16.2. The van der Waals surface area contributed by atoms with Gasteiger partial charge in [-0.25, -0.2) is 4.90 Å². The minimum absolute atomic E-state index is 0.0369. The van der Waals surface area contributed by atoms with E-state index >= 15 is 0 Å². The maximum atomic E-state index is 12.5. The van der Waals surface area contributed by atoms with Crippen LogP contribution in [0.1, 0.15) is 42.4 Å². The molecule has 1 saturated carbocycles. The van der Waals surface area contributed by atoms with Gasteiger partial charge in [-0.05, 0) is 32.3 Å². The van der Waals surface area contributed by atoms with Crippen molar-refractivity contribution in [2.45, 2.75) is 46.1 Å². The third kappa shape index (κ3) is 3.18. The SMILES string of the molecule is Cc1ccc(C[NH+](C)CN2C(=O)[C@H]3CCCC[C@H]3C2=O)c(C)c1. The summed E-state index contributed by atoms with van der Waals surface area (Å²) in [5.41, 5.74) is 3.82. The van der Waals surface area contributed by atoms with Gasteiger partial charge in [0.25, 0.3) is 0 Å². The largest absolute Gasteiger partial charge is 0.316 e. The van der Waals surface area contributed by atoms with E-state index < -0.39 is 0 Å². The smallest absolute Gasteiger partial charge is 0.237 e. The van der Waals surface area contributed by atoms with E-state index in [1.807, 2.05) is 0 Å². The highest BCUT2D eigenvalue weighted by Crippen LogP contribution is 2.37. The molecule has 0 aromatic heterocycles. The molecule has 0 spiro atoms. The van der Waals surface area contributed by atoms with Gasteiger partial charge in [0, 0.05) is 5.56 Å². The van der Waals surface area contributed by atoms with Gasteiger partial charge in [0.2, 0.25) is 11.8 Å². The highest BCUT2D eigenvalue weighted by Gasteiger charge is 2.48. The fraction of sp³-hybridized carbons (Fsp3) is 0.579. The Labute approximate surface area is 138 Å². The maximum Gasteiger partial charge on any atom is 0.237 e. The first-order valence-corrected chi connectivity index (χ1v) is 8.70. The van der Waals surface area contributed by atoms with Crippen molar-refractivity contribution in [3.8, 4) is 0 Å². The molecule has 0 bridgehead atoms. The van der Waals surface area contributed by atoms with E-state index in [4.69, 9.17) is 0 Å². The Morgan fingerprint density at radius 1 is 1.09 bits per heavy atom. The molecule has 23 heavy (non-hydrogen) atoms. The molecule has 4 nitrogen and oxygen atoms in total. The van der Waals surface area contributed by atoms with Crippen LogP contribution in [0.5, 0.6) is 0 Å². The highest BCUT2D eigenvalue weighted by molar-refractivity contribution is 6.05. The predicted molar refractivity (Wildman–Crippen MR) is 88.7 cm³/mol. The quantitative estimate of drug-likeness (QED) is 0.855. The number of benzene rings is 1. The summed E-state index contributed by atoms with van der Waals surface area (Å²) in [4.78, 5) is 27.8. The number of aryl methyl sites for hydroxylation is 2. The van der Waals surface area contributed by atoms with Crippen LogP contribution in [-0.2, 0) is 16.1 Å². The average molecular weight is 315 g/mol. The summed E-state index contributed by atoms with van der Waals surface area (Å²) in [6, 6.07) is 6.46. The van der Waals surface area contributed by atoms with E-state index in [1.54, 1.807) is 0 Å². The summed E-state index contributed by atoms with van der Waals surface area (Å²) in [5, 5.41) is 0. The first-order valence-electron chi connectivity index (χ1n) is 8.70. The Bertz CT molecular complexity index is 602. The molecule has 2 aliphatic rings. The Hall–Kier alpha value is -1.68. The number of quaternary nitrogens is 1. The van der Waals surface area contributed by atoms with Gasteiger partial charge in [-0.2, -0.15) is 0 Å². The molecule has 1 aromatic rings. The van der Waals surface area contributed by atoms with Gasteiger partial charge in [0.05, 0.1) is 18.9 Å². The van der Waals surface area contributed by atoms with E-state index in [0.29, 0.717) is 6.67 Å². The van der Waals surface area contributed by atoms with Crippen LogP contribution in [0.25, 0.3) is 0 Å². The number of imide groups is 1. The van der Waals surface area contributed by atoms with Gasteiger partial charge in [-0.1, -0.05) is 36.6 Å². The number of carbonyl (C=O) groups excluding carboxylic acids is 2. The zero-order valence-electron chi connectivity index (χ0n) is 14.4. The Morgan fingerprint density at radius 2 is 1.70 bits per heavy atom. The molecule has 4 heteroatoms. The topological polar surface area (TPSA) is 41.8 Å². The number of fused-ring (bicyclic) bond motifs is 1. The minimum Gasteiger partial charge on any atom is -0.316 e. The molecule has 1 aliphatic heterocycles. The second kappa shape index (κ2) is 6.44. The van der Waals surface area contributed by atoms with Crippen LogP contribution in [0, 0.1) is 25.7 Å². The van der Waals surface area contributed by atoms with Gasteiger partial charge in [0.1, 0.15) is 6.54 Å². The van der Waals surface area contributed by atoms with E-state index in [-0.39, 0.29) is 23.7 Å². The van der Waals surface area contributed by atoms with E-state index in [2.05, 4.69) is 39.1 Å². The molecule has 2 amide bonds. The lowest BCUT2D eigenvalue weighted by atomic mass is 9.81. The zero-order valence-corrected chi connectivity index (χ0v) is 14.4. The van der Waals surface area contributed by atoms with Gasteiger partial charge >= 0.3 is 0 Å². The van der Waals surface area contributed by atoms with Crippen LogP contribution in [0.3, 0.4) is 0 Å². The fourth-order valence-corrected chi connectivity index (χ4v) is 4.08. The summed E-state index contributed by atoms with van der Waals surface area (Å²) in [5.74, 6) is 0.0645. The van der Waals surface area contributed by atoms with E-state index in [0.717, 1.165) is 32.2 Å². The molecule has 1 unspecified atom stereocenters. The lowest BCUT2D eigenvalue weighted by molar-refractivity contribution is -0.901. The average Bonchev–Trinajstić information content (AvgIpc) is 2.76. The van der Waals surface area contributed by atoms with Gasteiger partial charge in [0.15, 0.2) is 6.67 Å². The number of rotatable bonds is 4. The molecule has 1 N–H and O–H groups in total. The van der Waals surface area contributed by atoms with E-state index in [1.165, 1.54) is 26.5 Å². The lowest BCUT2D eigenvalue weighted by Gasteiger charge is -2.21. The normalized spacial score (nSPS) is 25.6. The predicted octanol–water partition coefficient (Wildman–Crippen LogP) is 1.45. The molecular weight excluding hydrogens is 288 g/mol. The number of nitrogens with zero attached hydrogens (tertiary/aromatic N) is 1. The van der Waals surface area contributed by atoms with Crippen molar-refractivity contribution in [2.75, 3.05) is 13.7 Å². The summed E-state index contributed by atoms with van der Waals surface area (Å²) >= 11 is 0. The molecule has 2 fully saturated rings. The Balaban J connectivity index is 1.66. The molecule has 1 heterocycles. The van der Waals surface area contributed by atoms with Crippen molar-refractivity contribution >= 4 is 11.8 Å². The standard InChI is InChI=1S/C19H26N2O2/c1-13-8-9-15(14(2)10-13)11-20(3)12-21-18(22)16-6-4-5-7-17(16)19(21)23/h8-10,16-17H,4-7,11-12H2,1-3H3/p+1/t16-,17+. The number of likely N-dealkylation sites (tertiary alicyclic amines) is 1. The van der Waals surface area contributed by atoms with Crippen molar-refractivity contribution in [1.29, 1.82) is 0 Å². The van der Waals surface area contributed by atoms with Crippen LogP contribution >= 0.6 is 0 Å². The molecule has 1 aromatic carbocycles. The number of amides is 2. The number of carbonyl (C=O) groups is 2. The molecule has 1 aliphatic carbocycles. The second-order valence-electron chi connectivity index (χ2n) is 7.32. The fourth-order valence-electron chi connectivity index (χ4n) is 4.08. The van der Waals surface area contributed by atoms with Crippen molar-refractivity contribution in [2.24, 2.45) is 11.8 Å². The van der Waals surface area contributed by atoms with Crippen LogP contribution in [-0.4, -0.2) is 30.4 Å². The van der Waals surface area contributed by atoms with Gasteiger partial charge in [-0.15, -0.1) is 0 Å². The van der Waals surface area contributed by atoms with Crippen molar-refractivity contribution < 1.29 is 14.5 Å². The number of nitrogens with one attached hydrogen (secondary N) is 1. The van der Waals surface area contributed by atoms with Gasteiger partial charge in [-0.3, -0.25) is 9.59 Å². The Morgan fingerprint density at radius 3 is 2.26 bits per heavy atom. The van der Waals surface area contributed by atoms with Gasteiger partial charge < -0.3 is 4.90 Å². The molecule has 1 saturated heterocycles. The van der Waals surface area contributed by atoms with Crippen LogP contribution in [0.4, 0.5) is 0 Å². The monoisotopic (exact) mass is 315 g/mol. The molecule has 124 valence electrons. The summed E-state index contributed by atoms with van der Waals surface area (Å²) < 4.78 is 0. The third-order valence-corrected chi connectivity index (χ3v) is 5.35. The molecule has 0 radical (unpaired) electrons. The number of hydrogen-bond donors (Lipinski definition) is 1. The summed E-state index contributed by atoms with van der Waals surface area (Å²) in [7, 11) is 2.06. The second-order valence-corrected chi connectivity index (χ2v) is 7.32. The van der Waals surface area contributed by atoms with Crippen LogP contribution in [0.15, 0.2) is 18.2 Å². The molecular formula is C19H27N2O2+. The first kappa shape index (κ1) is 16.2. The first-order chi connectivity index (χ1) is 11.0. The zero-order chi connectivity index (χ0) is 16.6. The van der Waals surface area contributed by atoms with Crippen LogP contribution < -0.4 is 4.90 Å². The van der Waals surface area contributed by atoms with Crippen LogP contribution in [0.2, 0.25) is 0 Å². The maximum absolute atomic E-state index is 12.5. The minimum atomic E-state index is -0.0369. The Kier molecular flexibility index (Phi) is 4.53. The molecule has 3 rings (SSSR count). The third-order valence-electron chi connectivity index (χ3n) is 5.35. The number of hydrogen-bond acceptors (Lipinski definition) is 2. The summed E-state index contributed by atoms with van der Waals surface area (Å²) in [6.07, 6.45) is 3.95. The van der Waals surface area contributed by atoms with E-state index in [9.17, 15) is 9.59 Å². The van der Waals surface area contributed by atoms with Crippen molar-refractivity contribution in [3.63, 3.8) is 0 Å². The lowest BCUT2D eigenvalue weighted by Crippen LogP contribution is -3.09. The summed E-state index contributed by atoms with van der Waals surface area (Å²) in [6.45, 7) is 5.53. The van der Waals surface area contributed by atoms with Crippen molar-refractivity contribution in [1.82, 2.24) is 4.90 Å².